The highest BCUT2D eigenvalue weighted by Gasteiger charge is 2.10. The Hall–Kier alpha value is -1.43. The van der Waals surface area contributed by atoms with Crippen LogP contribution in [-0.2, 0) is 0 Å². The highest BCUT2D eigenvalue weighted by Crippen LogP contribution is 2.21. The molecule has 0 fully saturated rings. The van der Waals surface area contributed by atoms with E-state index in [9.17, 15) is 0 Å². The molecule has 0 radical (unpaired) electrons. The van der Waals surface area contributed by atoms with Crippen molar-refractivity contribution in [2.45, 2.75) is 18.7 Å². The fourth-order valence-corrected chi connectivity index (χ4v) is 2.71. The molecule has 5 heteroatoms. The maximum absolute atomic E-state index is 9.11. The average Bonchev–Trinajstić information content (AvgIpc) is 2.47. The number of benzene rings is 2. The second-order valence-corrected chi connectivity index (χ2v) is 6.06. The molecule has 0 bridgehead atoms. The number of hydrogen-bond donors (Lipinski definition) is 2. The lowest BCUT2D eigenvalue weighted by Crippen LogP contribution is -2.29. The molecule has 2 aromatic carbocycles. The van der Waals surface area contributed by atoms with Crippen LogP contribution in [0.4, 0.5) is 0 Å². The van der Waals surface area contributed by atoms with Crippen molar-refractivity contribution in [3.05, 3.63) is 53.6 Å². The van der Waals surface area contributed by atoms with Crippen molar-refractivity contribution in [3.63, 3.8) is 0 Å². The summed E-state index contributed by atoms with van der Waals surface area (Å²) in [7, 11) is -1.46. The van der Waals surface area contributed by atoms with Crippen molar-refractivity contribution in [2.24, 2.45) is 0 Å². The summed E-state index contributed by atoms with van der Waals surface area (Å²) in [6.07, 6.45) is 0. The van der Waals surface area contributed by atoms with Gasteiger partial charge in [0.25, 0.3) is 0 Å². The molecule has 0 atom stereocenters. The molecule has 0 heterocycles. The predicted molar refractivity (Wildman–Crippen MR) is 88.4 cm³/mol. The lowest BCUT2D eigenvalue weighted by molar-refractivity contribution is 0.344. The van der Waals surface area contributed by atoms with Gasteiger partial charge < -0.3 is 14.8 Å². The van der Waals surface area contributed by atoms with Gasteiger partial charge in [-0.2, -0.15) is 0 Å². The molecular formula is C16H19BO3S. The monoisotopic (exact) mass is 302 g/mol. The van der Waals surface area contributed by atoms with Gasteiger partial charge in [0.15, 0.2) is 0 Å². The van der Waals surface area contributed by atoms with Crippen LogP contribution in [0, 0.1) is 13.8 Å². The van der Waals surface area contributed by atoms with Gasteiger partial charge in [-0.05, 0) is 54.7 Å². The van der Waals surface area contributed by atoms with Crippen LogP contribution in [0.5, 0.6) is 5.75 Å². The topological polar surface area (TPSA) is 49.7 Å². The molecule has 2 rings (SSSR count). The van der Waals surface area contributed by atoms with Crippen LogP contribution in [0.1, 0.15) is 11.1 Å². The van der Waals surface area contributed by atoms with E-state index >= 15 is 0 Å². The van der Waals surface area contributed by atoms with Crippen molar-refractivity contribution in [1.82, 2.24) is 0 Å². The first kappa shape index (κ1) is 16.0. The Kier molecular flexibility index (Phi) is 5.73. The molecular weight excluding hydrogens is 283 g/mol. The first-order valence-corrected chi connectivity index (χ1v) is 7.84. The minimum Gasteiger partial charge on any atom is -0.493 e. The Balaban J connectivity index is 1.81. The van der Waals surface area contributed by atoms with Crippen LogP contribution in [0.25, 0.3) is 0 Å². The van der Waals surface area contributed by atoms with Gasteiger partial charge in [0.1, 0.15) is 5.75 Å². The summed E-state index contributed by atoms with van der Waals surface area (Å²) in [5.74, 6) is 1.50. The molecule has 3 nitrogen and oxygen atoms in total. The second-order valence-electron chi connectivity index (χ2n) is 4.89. The maximum atomic E-state index is 9.11. The van der Waals surface area contributed by atoms with Gasteiger partial charge in [-0.25, -0.2) is 0 Å². The molecule has 0 aliphatic carbocycles. The molecule has 2 N–H and O–H groups in total. The van der Waals surface area contributed by atoms with Crippen LogP contribution in [0.2, 0.25) is 0 Å². The van der Waals surface area contributed by atoms with E-state index in [2.05, 4.69) is 32.0 Å². The lowest BCUT2D eigenvalue weighted by Gasteiger charge is -2.08. The molecule has 0 saturated heterocycles. The quantitative estimate of drug-likeness (QED) is 0.488. The van der Waals surface area contributed by atoms with E-state index < -0.39 is 7.12 Å². The standard InChI is InChI=1S/C16H19BO3S/c1-12-6-7-16(10-13(12)2)21-9-8-20-15-5-3-4-14(11-15)17(18)19/h3-7,10-11,18-19H,8-9H2,1-2H3. The van der Waals surface area contributed by atoms with Gasteiger partial charge in [-0.1, -0.05) is 18.2 Å². The number of aryl methyl sites for hydroxylation is 2. The van der Waals surface area contributed by atoms with E-state index in [1.807, 2.05) is 6.07 Å². The third-order valence-corrected chi connectivity index (χ3v) is 4.21. The Morgan fingerprint density at radius 1 is 1.05 bits per heavy atom. The zero-order valence-electron chi connectivity index (χ0n) is 12.2. The van der Waals surface area contributed by atoms with Gasteiger partial charge in [-0.3, -0.25) is 0 Å². The van der Waals surface area contributed by atoms with Gasteiger partial charge in [-0.15, -0.1) is 11.8 Å². The first-order valence-electron chi connectivity index (χ1n) is 6.85. The van der Waals surface area contributed by atoms with E-state index in [4.69, 9.17) is 14.8 Å². The number of rotatable bonds is 6. The molecule has 0 saturated carbocycles. The molecule has 0 aromatic heterocycles. The lowest BCUT2D eigenvalue weighted by atomic mass is 9.80. The van der Waals surface area contributed by atoms with Gasteiger partial charge >= 0.3 is 7.12 Å². The molecule has 21 heavy (non-hydrogen) atoms. The summed E-state index contributed by atoms with van der Waals surface area (Å²) in [6, 6.07) is 13.3. The minimum atomic E-state index is -1.46. The molecule has 0 aliphatic heterocycles. The van der Waals surface area contributed by atoms with E-state index in [0.717, 1.165) is 5.75 Å². The van der Waals surface area contributed by atoms with E-state index in [1.54, 1.807) is 30.0 Å². The largest absolute Gasteiger partial charge is 0.493 e. The molecule has 0 aliphatic rings. The second kappa shape index (κ2) is 7.55. The van der Waals surface area contributed by atoms with E-state index in [-0.39, 0.29) is 0 Å². The van der Waals surface area contributed by atoms with Crippen molar-refractivity contribution in [2.75, 3.05) is 12.4 Å². The molecule has 0 unspecified atom stereocenters. The van der Waals surface area contributed by atoms with Crippen LogP contribution >= 0.6 is 11.8 Å². The highest BCUT2D eigenvalue weighted by atomic mass is 32.2. The van der Waals surface area contributed by atoms with Gasteiger partial charge in [0.05, 0.1) is 6.61 Å². The van der Waals surface area contributed by atoms with Crippen molar-refractivity contribution in [3.8, 4) is 5.75 Å². The summed E-state index contributed by atoms with van der Waals surface area (Å²) in [6.45, 7) is 4.79. The summed E-state index contributed by atoms with van der Waals surface area (Å²) in [5.41, 5.74) is 3.04. The van der Waals surface area contributed by atoms with Crippen molar-refractivity contribution >= 4 is 24.3 Å². The maximum Gasteiger partial charge on any atom is 0.488 e. The van der Waals surface area contributed by atoms with Crippen molar-refractivity contribution < 1.29 is 14.8 Å². The summed E-state index contributed by atoms with van der Waals surface area (Å²) in [4.78, 5) is 1.24. The number of thioether (sulfide) groups is 1. The van der Waals surface area contributed by atoms with Crippen LogP contribution < -0.4 is 10.2 Å². The smallest absolute Gasteiger partial charge is 0.488 e. The Bertz CT molecular complexity index is 602. The zero-order chi connectivity index (χ0) is 15.2. The third kappa shape index (κ3) is 4.81. The SMILES string of the molecule is Cc1ccc(SCCOc2cccc(B(O)O)c2)cc1C. The fourth-order valence-electron chi connectivity index (χ4n) is 1.89. The summed E-state index contributed by atoms with van der Waals surface area (Å²) in [5, 5.41) is 18.2. The predicted octanol–water partition coefficient (Wildman–Crippen LogP) is 2.15. The Morgan fingerprint density at radius 3 is 2.57 bits per heavy atom. The number of hydrogen-bond acceptors (Lipinski definition) is 4. The molecule has 0 spiro atoms. The average molecular weight is 302 g/mol. The first-order chi connectivity index (χ1) is 10.1. The van der Waals surface area contributed by atoms with Crippen molar-refractivity contribution in [1.29, 1.82) is 0 Å². The molecule has 0 amide bonds. The van der Waals surface area contributed by atoms with Gasteiger partial charge in [0.2, 0.25) is 0 Å². The van der Waals surface area contributed by atoms with Crippen LogP contribution in [0.3, 0.4) is 0 Å². The Labute approximate surface area is 130 Å². The third-order valence-electron chi connectivity index (χ3n) is 3.26. The Morgan fingerprint density at radius 2 is 1.86 bits per heavy atom. The fraction of sp³-hybridized carbons (Fsp3) is 0.250. The molecule has 2 aromatic rings. The number of ether oxygens (including phenoxy) is 1. The van der Waals surface area contributed by atoms with E-state index in [0.29, 0.717) is 17.8 Å². The normalized spacial score (nSPS) is 10.5. The van der Waals surface area contributed by atoms with Crippen LogP contribution in [0.15, 0.2) is 47.4 Å². The molecule has 110 valence electrons. The van der Waals surface area contributed by atoms with E-state index in [1.165, 1.54) is 16.0 Å². The summed E-state index contributed by atoms with van der Waals surface area (Å²) < 4.78 is 5.63. The minimum absolute atomic E-state index is 0.439. The van der Waals surface area contributed by atoms with Crippen LogP contribution in [-0.4, -0.2) is 29.5 Å². The zero-order valence-corrected chi connectivity index (χ0v) is 13.1. The summed E-state index contributed by atoms with van der Waals surface area (Å²) >= 11 is 1.75. The van der Waals surface area contributed by atoms with Gasteiger partial charge in [0, 0.05) is 10.6 Å². The highest BCUT2D eigenvalue weighted by molar-refractivity contribution is 7.99.